The Balaban J connectivity index is 1.42. The molecule has 7 nitrogen and oxygen atoms in total. The average Bonchev–Trinajstić information content (AvgIpc) is 3.03. The van der Waals surface area contributed by atoms with Gasteiger partial charge in [-0.3, -0.25) is 9.69 Å². The Morgan fingerprint density at radius 3 is 2.42 bits per heavy atom. The van der Waals surface area contributed by atoms with Gasteiger partial charge in [0.25, 0.3) is 0 Å². The summed E-state index contributed by atoms with van der Waals surface area (Å²) < 4.78 is 25.7. The predicted octanol–water partition coefficient (Wildman–Crippen LogP) is 2.97. The van der Waals surface area contributed by atoms with Gasteiger partial charge in [0.1, 0.15) is 6.54 Å². The molecule has 2 heterocycles. The lowest BCUT2D eigenvalue weighted by Gasteiger charge is -2.24. The van der Waals surface area contributed by atoms with Crippen LogP contribution >= 0.6 is 11.6 Å². The van der Waals surface area contributed by atoms with Gasteiger partial charge >= 0.3 is 6.03 Å². The Morgan fingerprint density at radius 2 is 1.68 bits per heavy atom. The van der Waals surface area contributed by atoms with Gasteiger partial charge in [0.15, 0.2) is 9.84 Å². The molecule has 0 saturated carbocycles. The molecule has 31 heavy (non-hydrogen) atoms. The van der Waals surface area contributed by atoms with Crippen LogP contribution < -0.4 is 4.90 Å². The van der Waals surface area contributed by atoms with E-state index in [9.17, 15) is 18.0 Å². The number of carbonyl (C=O) groups excluding carboxylic acids is 2. The highest BCUT2D eigenvalue weighted by Crippen LogP contribution is 2.34. The second-order valence-corrected chi connectivity index (χ2v) is 10.4. The van der Waals surface area contributed by atoms with Gasteiger partial charge in [-0.1, -0.05) is 48.0 Å². The molecular formula is C22H24ClN3O4S. The van der Waals surface area contributed by atoms with Crippen molar-refractivity contribution in [2.24, 2.45) is 0 Å². The van der Waals surface area contributed by atoms with Crippen molar-refractivity contribution in [2.75, 3.05) is 43.4 Å². The molecule has 2 saturated heterocycles. The number of carbonyl (C=O) groups is 2. The zero-order chi connectivity index (χ0) is 22.0. The van der Waals surface area contributed by atoms with E-state index in [0.717, 1.165) is 5.69 Å². The van der Waals surface area contributed by atoms with E-state index in [2.05, 4.69) is 0 Å². The summed E-state index contributed by atoms with van der Waals surface area (Å²) in [4.78, 5) is 30.4. The molecule has 1 atom stereocenters. The van der Waals surface area contributed by atoms with E-state index in [-0.39, 0.29) is 37.2 Å². The molecule has 2 aromatic carbocycles. The first kappa shape index (κ1) is 21.6. The molecule has 0 aromatic heterocycles. The van der Waals surface area contributed by atoms with Gasteiger partial charge in [0.05, 0.1) is 11.0 Å². The lowest BCUT2D eigenvalue weighted by molar-refractivity contribution is -0.131. The number of amides is 3. The van der Waals surface area contributed by atoms with Crippen LogP contribution in [-0.2, 0) is 14.6 Å². The van der Waals surface area contributed by atoms with Crippen LogP contribution in [0.4, 0.5) is 10.5 Å². The number of halogens is 1. The topological polar surface area (TPSA) is 78.0 Å². The minimum absolute atomic E-state index is 0.0566. The SMILES string of the molecule is O=C(CN1CCN(c2ccccc2)C1=O)N1CCC(c2ccccc2Cl)S(=O)(=O)CC1. The normalized spacial score (nSPS) is 21.3. The second kappa shape index (κ2) is 8.88. The summed E-state index contributed by atoms with van der Waals surface area (Å²) in [5.74, 6) is -0.364. The fourth-order valence-corrected chi connectivity index (χ4v) is 6.27. The lowest BCUT2D eigenvalue weighted by Crippen LogP contribution is -2.43. The van der Waals surface area contributed by atoms with Gasteiger partial charge in [0, 0.05) is 36.9 Å². The highest BCUT2D eigenvalue weighted by molar-refractivity contribution is 7.91. The fraction of sp³-hybridized carbons (Fsp3) is 0.364. The summed E-state index contributed by atoms with van der Waals surface area (Å²) >= 11 is 6.24. The highest BCUT2D eigenvalue weighted by atomic mass is 35.5. The minimum Gasteiger partial charge on any atom is -0.340 e. The molecule has 2 aliphatic heterocycles. The number of anilines is 1. The number of para-hydroxylation sites is 1. The summed E-state index contributed by atoms with van der Waals surface area (Å²) in [6.45, 7) is 1.33. The maximum absolute atomic E-state index is 12.9. The molecule has 0 aliphatic carbocycles. The molecule has 3 amide bonds. The quantitative estimate of drug-likeness (QED) is 0.701. The molecule has 0 spiro atoms. The predicted molar refractivity (Wildman–Crippen MR) is 120 cm³/mol. The van der Waals surface area contributed by atoms with Crippen LogP contribution in [0.15, 0.2) is 54.6 Å². The van der Waals surface area contributed by atoms with E-state index in [0.29, 0.717) is 30.2 Å². The number of benzene rings is 2. The molecule has 2 fully saturated rings. The molecule has 0 bridgehead atoms. The third-order valence-electron chi connectivity index (χ3n) is 5.83. The van der Waals surface area contributed by atoms with Crippen molar-refractivity contribution >= 4 is 39.1 Å². The molecule has 164 valence electrons. The Kier molecular flexibility index (Phi) is 6.20. The molecule has 2 aromatic rings. The van der Waals surface area contributed by atoms with E-state index >= 15 is 0 Å². The molecule has 9 heteroatoms. The summed E-state index contributed by atoms with van der Waals surface area (Å²) in [5, 5.41) is -0.319. The molecule has 4 rings (SSSR count). The van der Waals surface area contributed by atoms with Crippen LogP contribution in [0.5, 0.6) is 0 Å². The number of hydrogen-bond acceptors (Lipinski definition) is 4. The van der Waals surface area contributed by atoms with Gasteiger partial charge in [0.2, 0.25) is 5.91 Å². The van der Waals surface area contributed by atoms with Gasteiger partial charge in [-0.25, -0.2) is 13.2 Å². The number of hydrogen-bond donors (Lipinski definition) is 0. The maximum atomic E-state index is 12.9. The molecule has 0 N–H and O–H groups in total. The minimum atomic E-state index is -3.45. The summed E-state index contributed by atoms with van der Waals surface area (Å²) in [6.07, 6.45) is 0.280. The average molecular weight is 462 g/mol. The van der Waals surface area contributed by atoms with Crippen molar-refractivity contribution in [1.29, 1.82) is 0 Å². The van der Waals surface area contributed by atoms with Crippen LogP contribution in [0.1, 0.15) is 17.2 Å². The fourth-order valence-electron chi connectivity index (χ4n) is 4.12. The number of urea groups is 1. The summed E-state index contributed by atoms with van der Waals surface area (Å²) in [6, 6.07) is 16.0. The second-order valence-electron chi connectivity index (χ2n) is 7.74. The smallest absolute Gasteiger partial charge is 0.325 e. The van der Waals surface area contributed by atoms with Crippen LogP contribution in [0, 0.1) is 0 Å². The first-order valence-electron chi connectivity index (χ1n) is 10.2. The third-order valence-corrected chi connectivity index (χ3v) is 8.29. The van der Waals surface area contributed by atoms with Gasteiger partial charge in [-0.2, -0.15) is 0 Å². The van der Waals surface area contributed by atoms with Gasteiger partial charge < -0.3 is 9.80 Å². The van der Waals surface area contributed by atoms with E-state index in [4.69, 9.17) is 11.6 Å². The Hall–Kier alpha value is -2.58. The Labute approximate surface area is 187 Å². The van der Waals surface area contributed by atoms with Gasteiger partial charge in [-0.15, -0.1) is 0 Å². The monoisotopic (exact) mass is 461 g/mol. The first-order valence-corrected chi connectivity index (χ1v) is 12.3. The molecule has 0 radical (unpaired) electrons. The number of rotatable bonds is 4. The van der Waals surface area contributed by atoms with Crippen LogP contribution in [0.2, 0.25) is 5.02 Å². The highest BCUT2D eigenvalue weighted by Gasteiger charge is 2.36. The third kappa shape index (κ3) is 4.55. The standard InChI is InChI=1S/C22H24ClN3O4S/c23-19-9-5-4-8-18(19)20-10-11-24(14-15-31(20,29)30)21(27)16-25-12-13-26(22(25)28)17-6-2-1-3-7-17/h1-9,20H,10-16H2. The zero-order valence-corrected chi connectivity index (χ0v) is 18.6. The zero-order valence-electron chi connectivity index (χ0n) is 17.0. The van der Waals surface area contributed by atoms with E-state index in [1.54, 1.807) is 34.1 Å². The van der Waals surface area contributed by atoms with Crippen molar-refractivity contribution in [1.82, 2.24) is 9.80 Å². The number of nitrogens with zero attached hydrogens (tertiary/aromatic N) is 3. The summed E-state index contributed by atoms with van der Waals surface area (Å²) in [5.41, 5.74) is 1.37. The summed E-state index contributed by atoms with van der Waals surface area (Å²) in [7, 11) is -3.45. The van der Waals surface area contributed by atoms with Crippen LogP contribution in [0.3, 0.4) is 0 Å². The van der Waals surface area contributed by atoms with E-state index in [1.807, 2.05) is 30.3 Å². The van der Waals surface area contributed by atoms with Gasteiger partial charge in [-0.05, 0) is 30.2 Å². The molecule has 2 aliphatic rings. The van der Waals surface area contributed by atoms with Crippen molar-refractivity contribution in [3.63, 3.8) is 0 Å². The van der Waals surface area contributed by atoms with E-state index in [1.165, 1.54) is 4.90 Å². The maximum Gasteiger partial charge on any atom is 0.325 e. The molecule has 1 unspecified atom stereocenters. The van der Waals surface area contributed by atoms with Crippen molar-refractivity contribution in [3.05, 3.63) is 65.2 Å². The van der Waals surface area contributed by atoms with Crippen LogP contribution in [-0.4, -0.2) is 68.6 Å². The Bertz CT molecular complexity index is 1080. The number of sulfone groups is 1. The van der Waals surface area contributed by atoms with Crippen molar-refractivity contribution in [3.8, 4) is 0 Å². The van der Waals surface area contributed by atoms with E-state index < -0.39 is 15.1 Å². The van der Waals surface area contributed by atoms with Crippen LogP contribution in [0.25, 0.3) is 0 Å². The van der Waals surface area contributed by atoms with Crippen molar-refractivity contribution < 1.29 is 18.0 Å². The largest absolute Gasteiger partial charge is 0.340 e. The van der Waals surface area contributed by atoms with Crippen molar-refractivity contribution in [2.45, 2.75) is 11.7 Å². The lowest BCUT2D eigenvalue weighted by atomic mass is 10.1. The Morgan fingerprint density at radius 1 is 0.968 bits per heavy atom. The molecular weight excluding hydrogens is 438 g/mol. The first-order chi connectivity index (χ1) is 14.9.